The van der Waals surface area contributed by atoms with Gasteiger partial charge in [0.05, 0.1) is 0 Å². The van der Waals surface area contributed by atoms with Gasteiger partial charge in [0, 0.05) is 6.42 Å². The Labute approximate surface area is 113 Å². The average Bonchev–Trinajstić information content (AvgIpc) is 2.38. The van der Waals surface area contributed by atoms with Crippen molar-refractivity contribution in [1.29, 1.82) is 0 Å². The number of hydrogen-bond donors (Lipinski definition) is 0. The maximum absolute atomic E-state index is 11.2. The van der Waals surface area contributed by atoms with E-state index < -0.39 is 0 Å². The normalized spacial score (nSPS) is 10.3. The summed E-state index contributed by atoms with van der Waals surface area (Å²) >= 11 is 0. The standard InChI is InChI=1S/C16H30O2/c1-3-5-6-7-8-9-10-11-12-13-14-16(17)18-15-4-2/h4H,2-3,5-15H2,1H3. The van der Waals surface area contributed by atoms with E-state index in [1.807, 2.05) is 0 Å². The summed E-state index contributed by atoms with van der Waals surface area (Å²) in [7, 11) is 0. The lowest BCUT2D eigenvalue weighted by Gasteiger charge is -2.03. The molecule has 0 unspecified atom stereocenters. The topological polar surface area (TPSA) is 26.3 Å². The number of rotatable bonds is 13. The van der Waals surface area contributed by atoms with Gasteiger partial charge < -0.3 is 4.74 Å². The van der Waals surface area contributed by atoms with E-state index in [1.54, 1.807) is 6.08 Å². The molecule has 0 bridgehead atoms. The Kier molecular flexibility index (Phi) is 13.6. The van der Waals surface area contributed by atoms with Gasteiger partial charge in [-0.15, -0.1) is 0 Å². The molecule has 0 heterocycles. The van der Waals surface area contributed by atoms with Crippen LogP contribution in [0.2, 0.25) is 0 Å². The molecule has 0 amide bonds. The van der Waals surface area contributed by atoms with Gasteiger partial charge >= 0.3 is 5.97 Å². The molecule has 0 saturated carbocycles. The van der Waals surface area contributed by atoms with Crippen molar-refractivity contribution in [2.24, 2.45) is 0 Å². The SMILES string of the molecule is C=CCOC(=O)CCCCCCCCCCCC. The summed E-state index contributed by atoms with van der Waals surface area (Å²) in [5.41, 5.74) is 0. The van der Waals surface area contributed by atoms with E-state index in [1.165, 1.54) is 51.4 Å². The molecule has 0 rings (SSSR count). The molecule has 0 aromatic rings. The summed E-state index contributed by atoms with van der Waals surface area (Å²) in [6.07, 6.45) is 15.1. The first-order chi connectivity index (χ1) is 8.81. The van der Waals surface area contributed by atoms with Crippen molar-refractivity contribution in [3.8, 4) is 0 Å². The van der Waals surface area contributed by atoms with Gasteiger partial charge in [-0.2, -0.15) is 0 Å². The molecule has 106 valence electrons. The third-order valence-electron chi connectivity index (χ3n) is 3.10. The van der Waals surface area contributed by atoms with Crippen molar-refractivity contribution < 1.29 is 9.53 Å². The van der Waals surface area contributed by atoms with Crippen LogP contribution in [0.3, 0.4) is 0 Å². The average molecular weight is 254 g/mol. The number of carbonyl (C=O) groups excluding carboxylic acids is 1. The number of ether oxygens (including phenoxy) is 1. The van der Waals surface area contributed by atoms with Crippen LogP contribution in [0.25, 0.3) is 0 Å². The molecule has 0 saturated heterocycles. The molecule has 0 aliphatic carbocycles. The van der Waals surface area contributed by atoms with Gasteiger partial charge in [0.15, 0.2) is 0 Å². The van der Waals surface area contributed by atoms with Crippen LogP contribution in [0.1, 0.15) is 77.6 Å². The Balaban J connectivity index is 3.06. The lowest BCUT2D eigenvalue weighted by Crippen LogP contribution is -2.03. The second kappa shape index (κ2) is 14.3. The molecule has 0 aromatic heterocycles. The summed E-state index contributed by atoms with van der Waals surface area (Å²) in [4.78, 5) is 11.2. The van der Waals surface area contributed by atoms with Crippen LogP contribution >= 0.6 is 0 Å². The van der Waals surface area contributed by atoms with E-state index in [9.17, 15) is 4.79 Å². The molecule has 0 fully saturated rings. The lowest BCUT2D eigenvalue weighted by molar-refractivity contribution is -0.142. The van der Waals surface area contributed by atoms with Gasteiger partial charge in [0.1, 0.15) is 6.61 Å². The zero-order valence-corrected chi connectivity index (χ0v) is 12.1. The fourth-order valence-corrected chi connectivity index (χ4v) is 1.98. The number of carbonyl (C=O) groups is 1. The Morgan fingerprint density at radius 1 is 0.944 bits per heavy atom. The minimum absolute atomic E-state index is 0.0885. The quantitative estimate of drug-likeness (QED) is 0.262. The molecular formula is C16H30O2. The van der Waals surface area contributed by atoms with Gasteiger partial charge in [-0.05, 0) is 6.42 Å². The number of esters is 1. The molecule has 0 aliphatic heterocycles. The van der Waals surface area contributed by atoms with Crippen LogP contribution in [-0.4, -0.2) is 12.6 Å². The van der Waals surface area contributed by atoms with Gasteiger partial charge in [-0.1, -0.05) is 77.4 Å². The van der Waals surface area contributed by atoms with E-state index in [-0.39, 0.29) is 5.97 Å². The summed E-state index contributed by atoms with van der Waals surface area (Å²) < 4.78 is 4.92. The highest BCUT2D eigenvalue weighted by Crippen LogP contribution is 2.11. The summed E-state index contributed by atoms with van der Waals surface area (Å²) in [5, 5.41) is 0. The molecule has 2 heteroatoms. The highest BCUT2D eigenvalue weighted by Gasteiger charge is 2.00. The molecular weight excluding hydrogens is 224 g/mol. The van der Waals surface area contributed by atoms with Crippen LogP contribution in [0.5, 0.6) is 0 Å². The fraction of sp³-hybridized carbons (Fsp3) is 0.812. The van der Waals surface area contributed by atoms with E-state index in [4.69, 9.17) is 4.74 Å². The molecule has 0 aliphatic rings. The van der Waals surface area contributed by atoms with Crippen molar-refractivity contribution in [1.82, 2.24) is 0 Å². The summed E-state index contributed by atoms with van der Waals surface area (Å²) in [6.45, 7) is 6.11. The largest absolute Gasteiger partial charge is 0.461 e. The molecule has 0 N–H and O–H groups in total. The maximum atomic E-state index is 11.2. The van der Waals surface area contributed by atoms with Crippen LogP contribution in [0.15, 0.2) is 12.7 Å². The second-order valence-electron chi connectivity index (χ2n) is 4.90. The van der Waals surface area contributed by atoms with Crippen molar-refractivity contribution in [2.45, 2.75) is 77.6 Å². The summed E-state index contributed by atoms with van der Waals surface area (Å²) in [6, 6.07) is 0. The first-order valence-corrected chi connectivity index (χ1v) is 7.57. The molecule has 0 spiro atoms. The Morgan fingerprint density at radius 3 is 1.94 bits per heavy atom. The molecule has 2 nitrogen and oxygen atoms in total. The van der Waals surface area contributed by atoms with Crippen LogP contribution in [0.4, 0.5) is 0 Å². The molecule has 0 atom stereocenters. The Hall–Kier alpha value is -0.790. The van der Waals surface area contributed by atoms with E-state index in [2.05, 4.69) is 13.5 Å². The van der Waals surface area contributed by atoms with Crippen molar-refractivity contribution >= 4 is 5.97 Å². The first kappa shape index (κ1) is 17.2. The monoisotopic (exact) mass is 254 g/mol. The van der Waals surface area contributed by atoms with Gasteiger partial charge in [0.2, 0.25) is 0 Å². The minimum Gasteiger partial charge on any atom is -0.461 e. The van der Waals surface area contributed by atoms with Gasteiger partial charge in [-0.25, -0.2) is 0 Å². The van der Waals surface area contributed by atoms with Crippen molar-refractivity contribution in [2.75, 3.05) is 6.61 Å². The molecule has 0 aromatic carbocycles. The van der Waals surface area contributed by atoms with Crippen LogP contribution in [0, 0.1) is 0 Å². The maximum Gasteiger partial charge on any atom is 0.306 e. The molecule has 0 radical (unpaired) electrons. The predicted octanol–water partition coefficient (Wildman–Crippen LogP) is 5.03. The second-order valence-corrected chi connectivity index (χ2v) is 4.90. The van der Waals surface area contributed by atoms with Crippen LogP contribution in [-0.2, 0) is 9.53 Å². The van der Waals surface area contributed by atoms with E-state index in [0.29, 0.717) is 13.0 Å². The Morgan fingerprint density at radius 2 is 1.44 bits per heavy atom. The summed E-state index contributed by atoms with van der Waals surface area (Å²) in [5.74, 6) is -0.0885. The highest BCUT2D eigenvalue weighted by atomic mass is 16.5. The number of hydrogen-bond acceptors (Lipinski definition) is 2. The number of unbranched alkanes of at least 4 members (excludes halogenated alkanes) is 9. The highest BCUT2D eigenvalue weighted by molar-refractivity contribution is 5.69. The first-order valence-electron chi connectivity index (χ1n) is 7.57. The lowest BCUT2D eigenvalue weighted by atomic mass is 10.1. The fourth-order valence-electron chi connectivity index (χ4n) is 1.98. The van der Waals surface area contributed by atoms with E-state index >= 15 is 0 Å². The smallest absolute Gasteiger partial charge is 0.306 e. The Bertz CT molecular complexity index is 199. The van der Waals surface area contributed by atoms with E-state index in [0.717, 1.165) is 12.8 Å². The zero-order chi connectivity index (χ0) is 13.5. The van der Waals surface area contributed by atoms with Crippen molar-refractivity contribution in [3.05, 3.63) is 12.7 Å². The van der Waals surface area contributed by atoms with Gasteiger partial charge in [0.25, 0.3) is 0 Å². The van der Waals surface area contributed by atoms with Crippen LogP contribution < -0.4 is 0 Å². The predicted molar refractivity (Wildman–Crippen MR) is 77.6 cm³/mol. The molecule has 18 heavy (non-hydrogen) atoms. The van der Waals surface area contributed by atoms with Gasteiger partial charge in [-0.3, -0.25) is 4.79 Å². The third kappa shape index (κ3) is 13.3. The van der Waals surface area contributed by atoms with Crippen molar-refractivity contribution in [3.63, 3.8) is 0 Å². The zero-order valence-electron chi connectivity index (χ0n) is 12.1. The minimum atomic E-state index is -0.0885. The third-order valence-corrected chi connectivity index (χ3v) is 3.10.